The van der Waals surface area contributed by atoms with Gasteiger partial charge < -0.3 is 24.2 Å². The molecule has 1 aromatic heterocycles. The monoisotopic (exact) mass is 504 g/mol. The SMILES string of the molecule is C#CCO[C@@H]1CC(n2cc(C)c(=O)[nH]c2=O)O[C@@H]1COP(=O)(O)OP(=O)(O)O[PH](=O)O. The number of phosphoric ester groups is 1. The molecule has 0 bridgehead atoms. The van der Waals surface area contributed by atoms with Crippen molar-refractivity contribution in [3.63, 3.8) is 0 Å². The molecule has 0 amide bonds. The first-order chi connectivity index (χ1) is 14.3. The highest BCUT2D eigenvalue weighted by Crippen LogP contribution is 2.63. The molecule has 4 N–H and O–H groups in total. The van der Waals surface area contributed by atoms with Crippen LogP contribution in [0.25, 0.3) is 0 Å². The Morgan fingerprint density at radius 3 is 2.68 bits per heavy atom. The van der Waals surface area contributed by atoms with Crippen molar-refractivity contribution in [3.8, 4) is 12.3 Å². The Morgan fingerprint density at radius 2 is 2.06 bits per heavy atom. The zero-order valence-electron chi connectivity index (χ0n) is 15.8. The standard InChI is InChI=1S/C13H19N2O13P3/c1-3-4-24-9-5-11(15-6-8(2)12(16)14-13(15)17)26-10(9)7-25-30(20,21)28-31(22,23)27-29(18)19/h1,6,9-11,29H,4-5,7H2,2H3,(H,18,19)(H,20,21)(H,22,23)(H,14,16,17)/t9-,10-,11?/m1/s1. The van der Waals surface area contributed by atoms with Gasteiger partial charge in [-0.3, -0.25) is 23.4 Å². The molecule has 18 heteroatoms. The molecule has 174 valence electrons. The Labute approximate surface area is 175 Å². The normalized spacial score (nSPS) is 26.0. The van der Waals surface area contributed by atoms with Gasteiger partial charge in [0.25, 0.3) is 5.56 Å². The molecule has 1 aliphatic rings. The maximum absolute atomic E-state index is 12.1. The molecule has 31 heavy (non-hydrogen) atoms. The van der Waals surface area contributed by atoms with Crippen molar-refractivity contribution in [2.24, 2.45) is 0 Å². The van der Waals surface area contributed by atoms with Crippen LogP contribution in [-0.2, 0) is 36.3 Å². The van der Waals surface area contributed by atoms with Gasteiger partial charge in [-0.05, 0) is 6.92 Å². The molecular weight excluding hydrogens is 485 g/mol. The molecule has 0 saturated carbocycles. The largest absolute Gasteiger partial charge is 0.488 e. The molecule has 1 aliphatic heterocycles. The van der Waals surface area contributed by atoms with Crippen LogP contribution < -0.4 is 11.2 Å². The van der Waals surface area contributed by atoms with Gasteiger partial charge in [-0.25, -0.2) is 18.2 Å². The smallest absolute Gasteiger partial charge is 0.363 e. The van der Waals surface area contributed by atoms with E-state index < -0.39 is 60.2 Å². The van der Waals surface area contributed by atoms with Gasteiger partial charge in [-0.1, -0.05) is 5.92 Å². The minimum atomic E-state index is -5.37. The third-order valence-electron chi connectivity index (χ3n) is 3.82. The highest BCUT2D eigenvalue weighted by atomic mass is 31.3. The van der Waals surface area contributed by atoms with Crippen LogP contribution in [0.1, 0.15) is 18.2 Å². The van der Waals surface area contributed by atoms with Crippen molar-refractivity contribution >= 4 is 23.9 Å². The number of aromatic amines is 1. The maximum atomic E-state index is 12.1. The Bertz CT molecular complexity index is 1080. The number of H-pyrrole nitrogens is 1. The first-order valence-corrected chi connectivity index (χ1v) is 12.6. The van der Waals surface area contributed by atoms with Crippen molar-refractivity contribution in [1.82, 2.24) is 9.55 Å². The minimum Gasteiger partial charge on any atom is -0.363 e. The lowest BCUT2D eigenvalue weighted by molar-refractivity contribution is -0.0564. The van der Waals surface area contributed by atoms with Crippen LogP contribution in [0.3, 0.4) is 0 Å². The fraction of sp³-hybridized carbons (Fsp3) is 0.538. The average molecular weight is 504 g/mol. The Kier molecular flexibility index (Phi) is 8.75. The maximum Gasteiger partial charge on any atom is 0.488 e. The molecule has 0 radical (unpaired) electrons. The van der Waals surface area contributed by atoms with Gasteiger partial charge in [0.15, 0.2) is 0 Å². The van der Waals surface area contributed by atoms with Crippen molar-refractivity contribution in [2.75, 3.05) is 13.2 Å². The van der Waals surface area contributed by atoms with Crippen LogP contribution in [0.4, 0.5) is 0 Å². The number of rotatable bonds is 10. The number of aryl methyl sites for hydroxylation is 1. The molecule has 0 aliphatic carbocycles. The third-order valence-corrected chi connectivity index (χ3v) is 7.49. The van der Waals surface area contributed by atoms with Gasteiger partial charge in [0.1, 0.15) is 18.9 Å². The lowest BCUT2D eigenvalue weighted by atomic mass is 10.2. The van der Waals surface area contributed by atoms with E-state index in [9.17, 15) is 28.2 Å². The van der Waals surface area contributed by atoms with Gasteiger partial charge >= 0.3 is 29.6 Å². The van der Waals surface area contributed by atoms with Crippen LogP contribution in [0.15, 0.2) is 15.8 Å². The third kappa shape index (κ3) is 7.61. The van der Waals surface area contributed by atoms with Crippen molar-refractivity contribution in [1.29, 1.82) is 0 Å². The van der Waals surface area contributed by atoms with Gasteiger partial charge in [0, 0.05) is 18.2 Å². The second-order valence-corrected chi connectivity index (χ2v) is 10.1. The molecule has 0 aromatic carbocycles. The van der Waals surface area contributed by atoms with E-state index in [0.717, 1.165) is 4.57 Å². The highest BCUT2D eigenvalue weighted by Gasteiger charge is 2.42. The Balaban J connectivity index is 2.14. The quantitative estimate of drug-likeness (QED) is 0.240. The zero-order chi connectivity index (χ0) is 23.4. The van der Waals surface area contributed by atoms with Crippen LogP contribution in [0.5, 0.6) is 0 Å². The molecule has 0 spiro atoms. The summed E-state index contributed by atoms with van der Waals surface area (Å²) in [5, 5.41) is 0. The summed E-state index contributed by atoms with van der Waals surface area (Å²) in [6, 6.07) is 0. The number of nitrogens with zero attached hydrogens (tertiary/aromatic N) is 1. The van der Waals surface area contributed by atoms with Gasteiger partial charge in [0.05, 0.1) is 12.7 Å². The second kappa shape index (κ2) is 10.5. The summed E-state index contributed by atoms with van der Waals surface area (Å²) in [6.07, 6.45) is 3.53. The van der Waals surface area contributed by atoms with E-state index >= 15 is 0 Å². The molecule has 1 fully saturated rings. The van der Waals surface area contributed by atoms with Gasteiger partial charge in [0.2, 0.25) is 0 Å². The van der Waals surface area contributed by atoms with Crippen LogP contribution in [-0.4, -0.2) is 49.7 Å². The molecule has 4 unspecified atom stereocenters. The lowest BCUT2D eigenvalue weighted by Crippen LogP contribution is -2.33. The molecule has 1 saturated heterocycles. The van der Waals surface area contributed by atoms with E-state index in [2.05, 4.69) is 24.0 Å². The number of hydrogen-bond donors (Lipinski definition) is 4. The molecule has 1 aromatic rings. The summed E-state index contributed by atoms with van der Waals surface area (Å²) in [6.45, 7) is 0.561. The zero-order valence-corrected chi connectivity index (χ0v) is 18.6. The predicted octanol–water partition coefficient (Wildman–Crippen LogP) is -0.216. The first kappa shape index (κ1) is 25.9. The number of ether oxygens (including phenoxy) is 2. The number of hydrogen-bond acceptors (Lipinski definition) is 10. The summed E-state index contributed by atoms with van der Waals surface area (Å²) < 4.78 is 58.0. The number of phosphoric acid groups is 2. The average Bonchev–Trinajstić information content (AvgIpc) is 3.02. The van der Waals surface area contributed by atoms with E-state index in [1.807, 2.05) is 0 Å². The topological polar surface area (TPSA) is 213 Å². The van der Waals surface area contributed by atoms with E-state index in [0.29, 0.717) is 0 Å². The molecule has 2 heterocycles. The van der Waals surface area contributed by atoms with E-state index in [4.69, 9.17) is 25.7 Å². The predicted molar refractivity (Wildman–Crippen MR) is 102 cm³/mol. The highest BCUT2D eigenvalue weighted by molar-refractivity contribution is 7.64. The van der Waals surface area contributed by atoms with Crippen molar-refractivity contribution in [3.05, 3.63) is 32.6 Å². The van der Waals surface area contributed by atoms with Gasteiger partial charge in [-0.2, -0.15) is 4.31 Å². The Morgan fingerprint density at radius 1 is 1.39 bits per heavy atom. The lowest BCUT2D eigenvalue weighted by Gasteiger charge is -2.20. The molecule has 6 atom stereocenters. The van der Waals surface area contributed by atoms with Crippen LogP contribution in [0.2, 0.25) is 0 Å². The van der Waals surface area contributed by atoms with Crippen LogP contribution >= 0.6 is 23.9 Å². The van der Waals surface area contributed by atoms with Gasteiger partial charge in [-0.15, -0.1) is 6.42 Å². The molecular formula is C13H19N2O13P3. The van der Waals surface area contributed by atoms with Crippen molar-refractivity contribution in [2.45, 2.75) is 31.8 Å². The molecule has 15 nitrogen and oxygen atoms in total. The fourth-order valence-corrected chi connectivity index (χ4v) is 5.38. The number of nitrogens with one attached hydrogen (secondary N) is 1. The van der Waals surface area contributed by atoms with E-state index in [1.54, 1.807) is 0 Å². The summed E-state index contributed by atoms with van der Waals surface area (Å²) in [5.74, 6) is 2.22. The Hall–Kier alpha value is -1.39. The summed E-state index contributed by atoms with van der Waals surface area (Å²) in [5.41, 5.74) is -1.13. The molecule has 2 rings (SSSR count). The van der Waals surface area contributed by atoms with E-state index in [1.165, 1.54) is 13.1 Å². The van der Waals surface area contributed by atoms with Crippen LogP contribution in [0, 0.1) is 19.3 Å². The summed E-state index contributed by atoms with van der Waals surface area (Å²) in [7, 11) is -14.6. The number of terminal acetylenes is 1. The van der Waals surface area contributed by atoms with E-state index in [-0.39, 0.29) is 18.6 Å². The fourth-order valence-electron chi connectivity index (χ4n) is 2.59. The first-order valence-electron chi connectivity index (χ1n) is 8.30. The summed E-state index contributed by atoms with van der Waals surface area (Å²) in [4.78, 5) is 53.0. The number of aromatic nitrogens is 2. The summed E-state index contributed by atoms with van der Waals surface area (Å²) >= 11 is 0. The van der Waals surface area contributed by atoms with Crippen molar-refractivity contribution < 1.29 is 51.0 Å². The second-order valence-electron chi connectivity index (χ2n) is 6.07. The minimum absolute atomic E-state index is 0.0335.